The van der Waals surface area contributed by atoms with Crippen molar-refractivity contribution in [2.24, 2.45) is 0 Å². The van der Waals surface area contributed by atoms with E-state index >= 15 is 0 Å². The second-order valence-corrected chi connectivity index (χ2v) is 13.6. The van der Waals surface area contributed by atoms with Crippen LogP contribution in [-0.4, -0.2) is 23.8 Å². The van der Waals surface area contributed by atoms with Crippen LogP contribution in [0, 0.1) is 0 Å². The molecule has 1 radical (unpaired) electrons. The van der Waals surface area contributed by atoms with Crippen molar-refractivity contribution in [2.75, 3.05) is 0 Å². The standard InChI is InChI=1S/C42H44BO2/c1-9-19-37(38(10-2)43-45-40(7,8)39(5,6)44)41(28(3)4)33-24-15-17-26-35(33)42(36-27-18-16-25-34(36)41)31-22-13-11-20-29(31)30-21-12-14-23-32(30)42/h9,11-27,44H,3,10H2,1-2,4-8H3/b19-9-,38-37-. The van der Waals surface area contributed by atoms with Crippen LogP contribution in [0.4, 0.5) is 0 Å². The first-order valence-corrected chi connectivity index (χ1v) is 16.1. The average molecular weight is 592 g/mol. The normalized spacial score (nSPS) is 16.4. The Morgan fingerprint density at radius 1 is 0.756 bits per heavy atom. The van der Waals surface area contributed by atoms with Gasteiger partial charge in [-0.25, -0.2) is 0 Å². The quantitative estimate of drug-likeness (QED) is 0.111. The van der Waals surface area contributed by atoms with Gasteiger partial charge in [-0.05, 0) is 98.0 Å². The first-order valence-electron chi connectivity index (χ1n) is 16.1. The van der Waals surface area contributed by atoms with Gasteiger partial charge in [-0.1, -0.05) is 134 Å². The maximum Gasteiger partial charge on any atom is 0.326 e. The Hall–Kier alpha value is -3.92. The molecule has 6 rings (SSSR count). The summed E-state index contributed by atoms with van der Waals surface area (Å²) in [6.07, 6.45) is 5.12. The van der Waals surface area contributed by atoms with Gasteiger partial charge < -0.3 is 9.76 Å². The van der Waals surface area contributed by atoms with Gasteiger partial charge in [-0.2, -0.15) is 0 Å². The van der Waals surface area contributed by atoms with Gasteiger partial charge in [0.15, 0.2) is 0 Å². The molecule has 1 N–H and O–H groups in total. The zero-order chi connectivity index (χ0) is 32.2. The summed E-state index contributed by atoms with van der Waals surface area (Å²) in [7, 11) is 1.88. The molecule has 0 atom stereocenters. The zero-order valence-electron chi connectivity index (χ0n) is 27.7. The fourth-order valence-corrected chi connectivity index (χ4v) is 7.70. The molecule has 45 heavy (non-hydrogen) atoms. The van der Waals surface area contributed by atoms with E-state index in [1.165, 1.54) is 44.5 Å². The van der Waals surface area contributed by atoms with Crippen molar-refractivity contribution in [3.63, 3.8) is 0 Å². The number of fused-ring (bicyclic) bond motifs is 9. The second kappa shape index (κ2) is 11.2. The Morgan fingerprint density at radius 3 is 1.58 bits per heavy atom. The lowest BCUT2D eigenvalue weighted by Gasteiger charge is -2.51. The highest BCUT2D eigenvalue weighted by Gasteiger charge is 2.56. The smallest absolute Gasteiger partial charge is 0.326 e. The van der Waals surface area contributed by atoms with Gasteiger partial charge in [0.05, 0.1) is 22.0 Å². The number of hydrogen-bond donors (Lipinski definition) is 1. The van der Waals surface area contributed by atoms with Gasteiger partial charge in [0.25, 0.3) is 0 Å². The molecule has 0 unspecified atom stereocenters. The molecule has 2 nitrogen and oxygen atoms in total. The maximum atomic E-state index is 10.9. The van der Waals surface area contributed by atoms with Gasteiger partial charge in [-0.15, -0.1) is 0 Å². The Bertz CT molecular complexity index is 1750. The molecule has 0 fully saturated rings. The van der Waals surface area contributed by atoms with E-state index in [4.69, 9.17) is 11.2 Å². The average Bonchev–Trinajstić information content (AvgIpc) is 3.32. The summed E-state index contributed by atoms with van der Waals surface area (Å²) in [6.45, 7) is 18.6. The molecule has 1 spiro atoms. The summed E-state index contributed by atoms with van der Waals surface area (Å²) in [4.78, 5) is 0. The van der Waals surface area contributed by atoms with Crippen LogP contribution >= 0.6 is 0 Å². The van der Waals surface area contributed by atoms with Crippen molar-refractivity contribution in [2.45, 2.75) is 76.9 Å². The Balaban J connectivity index is 1.74. The van der Waals surface area contributed by atoms with Crippen LogP contribution < -0.4 is 0 Å². The molecule has 0 heterocycles. The summed E-state index contributed by atoms with van der Waals surface area (Å²) in [6, 6.07) is 35.8. The van der Waals surface area contributed by atoms with E-state index in [2.05, 4.69) is 130 Å². The van der Waals surface area contributed by atoms with Gasteiger partial charge in [0.1, 0.15) is 0 Å². The summed E-state index contributed by atoms with van der Waals surface area (Å²) in [5.41, 5.74) is 10.5. The third kappa shape index (κ3) is 4.31. The first kappa shape index (κ1) is 31.1. The van der Waals surface area contributed by atoms with Crippen LogP contribution in [0.1, 0.15) is 88.3 Å². The monoisotopic (exact) mass is 591 g/mol. The van der Waals surface area contributed by atoms with Gasteiger partial charge >= 0.3 is 7.48 Å². The van der Waals surface area contributed by atoms with Crippen molar-refractivity contribution in [3.8, 4) is 11.1 Å². The predicted octanol–water partition coefficient (Wildman–Crippen LogP) is 9.65. The molecule has 2 aliphatic carbocycles. The summed E-state index contributed by atoms with van der Waals surface area (Å²) in [5.74, 6) is 0. The lowest BCUT2D eigenvalue weighted by molar-refractivity contribution is -0.0897. The second-order valence-electron chi connectivity index (χ2n) is 13.6. The molecule has 4 aromatic carbocycles. The third-order valence-corrected chi connectivity index (χ3v) is 10.5. The van der Waals surface area contributed by atoms with Crippen molar-refractivity contribution in [3.05, 3.63) is 166 Å². The van der Waals surface area contributed by atoms with Crippen LogP contribution in [-0.2, 0) is 15.5 Å². The topological polar surface area (TPSA) is 29.5 Å². The molecule has 3 heteroatoms. The van der Waals surface area contributed by atoms with E-state index in [0.717, 1.165) is 23.0 Å². The number of hydrogen-bond acceptors (Lipinski definition) is 2. The summed E-state index contributed by atoms with van der Waals surface area (Å²) in [5, 5.41) is 10.9. The molecular formula is C42H44BO2. The molecule has 2 aliphatic rings. The van der Waals surface area contributed by atoms with Gasteiger partial charge in [0, 0.05) is 0 Å². The highest BCUT2D eigenvalue weighted by atomic mass is 16.5. The van der Waals surface area contributed by atoms with E-state index in [-0.39, 0.29) is 0 Å². The predicted molar refractivity (Wildman–Crippen MR) is 189 cm³/mol. The molecular weight excluding hydrogens is 547 g/mol. The highest BCUT2D eigenvalue weighted by Crippen LogP contribution is 2.64. The van der Waals surface area contributed by atoms with Crippen LogP contribution in [0.25, 0.3) is 11.1 Å². The number of allylic oxidation sites excluding steroid dienone is 5. The first-order chi connectivity index (χ1) is 21.5. The summed E-state index contributed by atoms with van der Waals surface area (Å²) >= 11 is 0. The lowest BCUT2D eigenvalue weighted by Crippen LogP contribution is -2.48. The van der Waals surface area contributed by atoms with E-state index in [9.17, 15) is 5.11 Å². The van der Waals surface area contributed by atoms with Crippen LogP contribution in [0.15, 0.2) is 132 Å². The number of rotatable bonds is 8. The fourth-order valence-electron chi connectivity index (χ4n) is 7.70. The molecule has 0 saturated heterocycles. The van der Waals surface area contributed by atoms with Gasteiger partial charge in [0.2, 0.25) is 0 Å². The molecule has 0 aromatic heterocycles. The molecule has 0 saturated carbocycles. The van der Waals surface area contributed by atoms with Crippen LogP contribution in [0.2, 0.25) is 0 Å². The molecule has 227 valence electrons. The zero-order valence-corrected chi connectivity index (χ0v) is 27.7. The van der Waals surface area contributed by atoms with E-state index < -0.39 is 22.0 Å². The molecule has 0 bridgehead atoms. The Morgan fingerprint density at radius 2 is 1.18 bits per heavy atom. The maximum absolute atomic E-state index is 10.9. The minimum Gasteiger partial charge on any atom is -0.427 e. The Labute approximate surface area is 270 Å². The van der Waals surface area contributed by atoms with Crippen molar-refractivity contribution in [1.29, 1.82) is 0 Å². The van der Waals surface area contributed by atoms with Crippen LogP contribution in [0.3, 0.4) is 0 Å². The summed E-state index contributed by atoms with van der Waals surface area (Å²) < 4.78 is 6.46. The van der Waals surface area contributed by atoms with Crippen LogP contribution in [0.5, 0.6) is 0 Å². The van der Waals surface area contributed by atoms with E-state index in [1.54, 1.807) is 13.8 Å². The minimum atomic E-state index is -1.03. The third-order valence-electron chi connectivity index (χ3n) is 10.5. The Kier molecular flexibility index (Phi) is 7.71. The van der Waals surface area contributed by atoms with Gasteiger partial charge in [-0.3, -0.25) is 0 Å². The molecule has 4 aromatic rings. The lowest BCUT2D eigenvalue weighted by atomic mass is 9.50. The largest absolute Gasteiger partial charge is 0.427 e. The van der Waals surface area contributed by atoms with E-state index in [1.807, 2.05) is 21.3 Å². The number of aliphatic hydroxyl groups is 1. The molecule has 0 amide bonds. The van der Waals surface area contributed by atoms with Crippen molar-refractivity contribution >= 4 is 7.48 Å². The van der Waals surface area contributed by atoms with E-state index in [0.29, 0.717) is 0 Å². The van der Waals surface area contributed by atoms with Crippen molar-refractivity contribution in [1.82, 2.24) is 0 Å². The minimum absolute atomic E-state index is 0.476. The SMILES string of the molecule is C=C(C)C1(C(/C=C\C)=C(\[B]OC(C)(C)C(C)(C)O)CC)c2ccccc2C2(c3ccccc3-c3ccccc32)c2ccccc21. The highest BCUT2D eigenvalue weighted by molar-refractivity contribution is 6.38. The van der Waals surface area contributed by atoms with Crippen molar-refractivity contribution < 1.29 is 9.76 Å². The number of benzene rings is 4. The molecule has 0 aliphatic heterocycles. The fraction of sp³-hybridized carbons (Fsp3) is 0.286.